The summed E-state index contributed by atoms with van der Waals surface area (Å²) < 4.78 is 5.90. The van der Waals surface area contributed by atoms with Gasteiger partial charge < -0.3 is 4.74 Å². The number of hydrogen-bond acceptors (Lipinski definition) is 3. The van der Waals surface area contributed by atoms with Gasteiger partial charge in [-0.1, -0.05) is 77.4 Å². The van der Waals surface area contributed by atoms with Crippen molar-refractivity contribution < 1.29 is 4.74 Å². The minimum absolute atomic E-state index is 0.771. The molecule has 0 bridgehead atoms. The summed E-state index contributed by atoms with van der Waals surface area (Å²) >= 11 is 0. The van der Waals surface area contributed by atoms with Gasteiger partial charge in [-0.05, 0) is 74.8 Å². The highest BCUT2D eigenvalue weighted by Crippen LogP contribution is 2.20. The van der Waals surface area contributed by atoms with Crippen LogP contribution in [0.3, 0.4) is 0 Å². The Bertz CT molecular complexity index is 737. The molecular weight excluding hydrogens is 404 g/mol. The molecule has 0 saturated carbocycles. The highest BCUT2D eigenvalue weighted by Gasteiger charge is 2.03. The number of rotatable bonds is 19. The van der Waals surface area contributed by atoms with Gasteiger partial charge in [-0.25, -0.2) is 9.97 Å². The molecule has 0 amide bonds. The number of nitrogens with zero attached hydrogens (tertiary/aromatic N) is 2. The van der Waals surface area contributed by atoms with Crippen molar-refractivity contribution in [1.29, 1.82) is 0 Å². The van der Waals surface area contributed by atoms with Gasteiger partial charge in [-0.15, -0.1) is 0 Å². The van der Waals surface area contributed by atoms with Crippen LogP contribution in [-0.4, -0.2) is 16.6 Å². The fourth-order valence-corrected chi connectivity index (χ4v) is 3.92. The minimum atomic E-state index is 0.771. The summed E-state index contributed by atoms with van der Waals surface area (Å²) in [7, 11) is 0. The minimum Gasteiger partial charge on any atom is -0.494 e. The van der Waals surface area contributed by atoms with Gasteiger partial charge in [0.05, 0.1) is 6.61 Å². The van der Waals surface area contributed by atoms with E-state index in [0.29, 0.717) is 0 Å². The molecule has 0 saturated heterocycles. The van der Waals surface area contributed by atoms with Crippen molar-refractivity contribution in [2.75, 3.05) is 6.61 Å². The molecule has 0 fully saturated rings. The lowest BCUT2D eigenvalue weighted by atomic mass is 10.1. The van der Waals surface area contributed by atoms with Crippen LogP contribution in [0.2, 0.25) is 0 Å². The first kappa shape index (κ1) is 27.1. The Morgan fingerprint density at radius 2 is 1.24 bits per heavy atom. The number of allylic oxidation sites excluding steroid dienone is 2. The Morgan fingerprint density at radius 1 is 0.667 bits per heavy atom. The fourth-order valence-electron chi connectivity index (χ4n) is 3.92. The van der Waals surface area contributed by atoms with Gasteiger partial charge in [0.1, 0.15) is 5.75 Å². The summed E-state index contributed by atoms with van der Waals surface area (Å²) in [5.74, 6) is 1.71. The number of ether oxygens (including phenoxy) is 1. The van der Waals surface area contributed by atoms with E-state index in [0.717, 1.165) is 43.0 Å². The highest BCUT2D eigenvalue weighted by atomic mass is 16.5. The maximum Gasteiger partial charge on any atom is 0.159 e. The quantitative estimate of drug-likeness (QED) is 0.158. The molecule has 0 aliphatic rings. The maximum absolute atomic E-state index is 5.90. The lowest BCUT2D eigenvalue weighted by Crippen LogP contribution is -1.97. The maximum atomic E-state index is 5.90. The highest BCUT2D eigenvalue weighted by molar-refractivity contribution is 5.55. The Kier molecular flexibility index (Phi) is 15.0. The molecule has 182 valence electrons. The van der Waals surface area contributed by atoms with Crippen LogP contribution in [0.4, 0.5) is 0 Å². The number of aryl methyl sites for hydroxylation is 1. The molecule has 3 heteroatoms. The van der Waals surface area contributed by atoms with E-state index >= 15 is 0 Å². The van der Waals surface area contributed by atoms with Crippen molar-refractivity contribution in [3.05, 3.63) is 54.4 Å². The molecule has 2 rings (SSSR count). The lowest BCUT2D eigenvalue weighted by Gasteiger charge is -2.07. The van der Waals surface area contributed by atoms with Crippen LogP contribution in [0.5, 0.6) is 5.75 Å². The van der Waals surface area contributed by atoms with Gasteiger partial charge in [-0.2, -0.15) is 0 Å². The smallest absolute Gasteiger partial charge is 0.159 e. The largest absolute Gasteiger partial charge is 0.494 e. The summed E-state index contributed by atoms with van der Waals surface area (Å²) in [5, 5.41) is 0. The molecule has 0 radical (unpaired) electrons. The zero-order valence-electron chi connectivity index (χ0n) is 21.2. The molecule has 1 aromatic heterocycles. The van der Waals surface area contributed by atoms with Gasteiger partial charge in [0.2, 0.25) is 0 Å². The first-order valence-electron chi connectivity index (χ1n) is 13.5. The zero-order valence-corrected chi connectivity index (χ0v) is 21.2. The van der Waals surface area contributed by atoms with Crippen LogP contribution < -0.4 is 4.74 Å². The molecule has 33 heavy (non-hydrogen) atoms. The fraction of sp³-hybridized carbons (Fsp3) is 0.600. The van der Waals surface area contributed by atoms with Crippen molar-refractivity contribution >= 4 is 0 Å². The van der Waals surface area contributed by atoms with Crippen molar-refractivity contribution in [3.63, 3.8) is 0 Å². The third-order valence-corrected chi connectivity index (χ3v) is 6.06. The Balaban J connectivity index is 1.60. The van der Waals surface area contributed by atoms with Crippen molar-refractivity contribution in [2.45, 2.75) is 110 Å². The van der Waals surface area contributed by atoms with E-state index in [2.05, 4.69) is 48.1 Å². The molecule has 1 aromatic carbocycles. The van der Waals surface area contributed by atoms with Crippen molar-refractivity contribution in [1.82, 2.24) is 9.97 Å². The Hall–Kier alpha value is -2.16. The van der Waals surface area contributed by atoms with Crippen LogP contribution >= 0.6 is 0 Å². The zero-order chi connectivity index (χ0) is 23.4. The SMILES string of the molecule is CCCCCC/C=C\CCCCOc1ccc(-c2ncc(CCCCCCCC)cn2)cc1. The molecule has 2 aromatic rings. The normalized spacial score (nSPS) is 11.3. The van der Waals surface area contributed by atoms with Crippen LogP contribution in [0.15, 0.2) is 48.8 Å². The van der Waals surface area contributed by atoms with E-state index < -0.39 is 0 Å². The number of aromatic nitrogens is 2. The van der Waals surface area contributed by atoms with Crippen molar-refractivity contribution in [2.24, 2.45) is 0 Å². The summed E-state index contributed by atoms with van der Waals surface area (Å²) in [5.41, 5.74) is 2.28. The van der Waals surface area contributed by atoms with E-state index in [9.17, 15) is 0 Å². The Morgan fingerprint density at radius 3 is 1.91 bits per heavy atom. The second kappa shape index (κ2) is 18.3. The second-order valence-corrected chi connectivity index (χ2v) is 9.12. The van der Waals surface area contributed by atoms with E-state index in [-0.39, 0.29) is 0 Å². The van der Waals surface area contributed by atoms with Crippen LogP contribution in [0.1, 0.15) is 109 Å². The van der Waals surface area contributed by atoms with Gasteiger partial charge in [-0.3, -0.25) is 0 Å². The third kappa shape index (κ3) is 12.6. The summed E-state index contributed by atoms with van der Waals surface area (Å²) in [4.78, 5) is 9.16. The predicted octanol–water partition coefficient (Wildman–Crippen LogP) is 9.12. The summed E-state index contributed by atoms with van der Waals surface area (Å²) in [6.07, 6.45) is 27.7. The van der Waals surface area contributed by atoms with E-state index in [1.807, 2.05) is 24.5 Å². The molecule has 0 N–H and O–H groups in total. The molecule has 3 nitrogen and oxygen atoms in total. The number of benzene rings is 1. The van der Waals surface area contributed by atoms with Crippen molar-refractivity contribution in [3.8, 4) is 17.1 Å². The van der Waals surface area contributed by atoms with Gasteiger partial charge >= 0.3 is 0 Å². The second-order valence-electron chi connectivity index (χ2n) is 9.12. The number of unbranched alkanes of at least 4 members (excludes halogenated alkanes) is 11. The molecule has 0 atom stereocenters. The summed E-state index contributed by atoms with van der Waals surface area (Å²) in [6.45, 7) is 5.29. The van der Waals surface area contributed by atoms with Crippen LogP contribution in [0.25, 0.3) is 11.4 Å². The first-order valence-corrected chi connectivity index (χ1v) is 13.5. The third-order valence-electron chi connectivity index (χ3n) is 6.06. The Labute approximate surface area is 203 Å². The molecule has 0 aliphatic carbocycles. The lowest BCUT2D eigenvalue weighted by molar-refractivity contribution is 0.307. The molecule has 0 aliphatic heterocycles. The molecule has 1 heterocycles. The molecule has 0 unspecified atom stereocenters. The van der Waals surface area contributed by atoms with Gasteiger partial charge in [0.25, 0.3) is 0 Å². The van der Waals surface area contributed by atoms with E-state index in [4.69, 9.17) is 4.74 Å². The van der Waals surface area contributed by atoms with Crippen LogP contribution in [-0.2, 0) is 6.42 Å². The van der Waals surface area contributed by atoms with Crippen LogP contribution in [0, 0.1) is 0 Å². The molecule has 0 spiro atoms. The number of hydrogen-bond donors (Lipinski definition) is 0. The predicted molar refractivity (Wildman–Crippen MR) is 142 cm³/mol. The topological polar surface area (TPSA) is 35.0 Å². The monoisotopic (exact) mass is 450 g/mol. The van der Waals surface area contributed by atoms with Gasteiger partial charge in [0.15, 0.2) is 5.82 Å². The standard InChI is InChI=1S/C30H46N2O/c1-3-5-7-9-11-12-13-14-16-18-24-33-29-22-20-28(21-23-29)30-31-25-27(26-32-30)19-17-15-10-8-6-4-2/h12-13,20-23,25-26H,3-11,14-19,24H2,1-2H3/b13-12-. The average Bonchev–Trinajstić information content (AvgIpc) is 2.85. The van der Waals surface area contributed by atoms with Gasteiger partial charge in [0, 0.05) is 18.0 Å². The molecular formula is C30H46N2O. The van der Waals surface area contributed by atoms with E-state index in [1.165, 1.54) is 82.6 Å². The summed E-state index contributed by atoms with van der Waals surface area (Å²) in [6, 6.07) is 8.16. The van der Waals surface area contributed by atoms with E-state index in [1.54, 1.807) is 0 Å². The first-order chi connectivity index (χ1) is 16.3. The average molecular weight is 451 g/mol.